The first kappa shape index (κ1) is 18.7. The summed E-state index contributed by atoms with van der Waals surface area (Å²) in [7, 11) is 0. The molecule has 2 fully saturated rings. The molecule has 7 nitrogen and oxygen atoms in total. The molecule has 2 aromatic rings. The molecule has 2 aliphatic rings. The van der Waals surface area contributed by atoms with E-state index in [1.165, 1.54) is 6.39 Å². The molecule has 1 unspecified atom stereocenters. The number of oxazole rings is 1. The first-order chi connectivity index (χ1) is 13.6. The number of aryl methyl sites for hydroxylation is 1. The number of nitrogens with zero attached hydrogens (tertiary/aromatic N) is 4. The van der Waals surface area contributed by atoms with E-state index in [9.17, 15) is 9.59 Å². The Hall–Kier alpha value is -2.70. The van der Waals surface area contributed by atoms with Crippen LogP contribution in [-0.2, 0) is 11.2 Å². The van der Waals surface area contributed by atoms with Crippen molar-refractivity contribution in [2.24, 2.45) is 5.41 Å². The van der Waals surface area contributed by atoms with Crippen LogP contribution < -0.4 is 0 Å². The van der Waals surface area contributed by atoms with E-state index in [4.69, 9.17) is 4.42 Å². The van der Waals surface area contributed by atoms with Gasteiger partial charge in [-0.15, -0.1) is 0 Å². The second kappa shape index (κ2) is 7.73. The van der Waals surface area contributed by atoms with Crippen molar-refractivity contribution in [1.29, 1.82) is 0 Å². The van der Waals surface area contributed by atoms with E-state index in [2.05, 4.69) is 9.97 Å². The Morgan fingerprint density at radius 2 is 2.14 bits per heavy atom. The SMILES string of the molecule is Cc1ocnc1C(=O)N1CCCC2(CCC(=O)N(CCc3ccccn3)C2)C1. The molecule has 0 N–H and O–H groups in total. The van der Waals surface area contributed by atoms with Gasteiger partial charge in [-0.05, 0) is 38.3 Å². The molecule has 0 bridgehead atoms. The fourth-order valence-corrected chi connectivity index (χ4v) is 4.48. The van der Waals surface area contributed by atoms with Gasteiger partial charge in [-0.3, -0.25) is 14.6 Å². The van der Waals surface area contributed by atoms with Gasteiger partial charge in [0.2, 0.25) is 5.91 Å². The van der Waals surface area contributed by atoms with Gasteiger partial charge in [0.15, 0.2) is 12.1 Å². The Labute approximate surface area is 164 Å². The summed E-state index contributed by atoms with van der Waals surface area (Å²) in [5.74, 6) is 0.694. The van der Waals surface area contributed by atoms with Crippen LogP contribution in [0.3, 0.4) is 0 Å². The summed E-state index contributed by atoms with van der Waals surface area (Å²) in [6, 6.07) is 5.86. The largest absolute Gasteiger partial charge is 0.448 e. The summed E-state index contributed by atoms with van der Waals surface area (Å²) in [5.41, 5.74) is 1.37. The zero-order chi connectivity index (χ0) is 19.6. The fourth-order valence-electron chi connectivity index (χ4n) is 4.48. The van der Waals surface area contributed by atoms with Crippen LogP contribution in [0.15, 0.2) is 35.2 Å². The molecule has 1 spiro atoms. The highest BCUT2D eigenvalue weighted by Crippen LogP contribution is 2.39. The number of likely N-dealkylation sites (tertiary alicyclic amines) is 2. The van der Waals surface area contributed by atoms with Gasteiger partial charge in [0.1, 0.15) is 5.76 Å². The summed E-state index contributed by atoms with van der Waals surface area (Å²) in [6.45, 7) is 4.55. The summed E-state index contributed by atoms with van der Waals surface area (Å²) >= 11 is 0. The third-order valence-corrected chi connectivity index (χ3v) is 6.01. The van der Waals surface area contributed by atoms with Gasteiger partial charge in [-0.25, -0.2) is 4.98 Å². The molecule has 148 valence electrons. The zero-order valence-electron chi connectivity index (χ0n) is 16.3. The summed E-state index contributed by atoms with van der Waals surface area (Å²) in [6.07, 6.45) is 7.24. The van der Waals surface area contributed by atoms with Crippen molar-refractivity contribution < 1.29 is 14.0 Å². The van der Waals surface area contributed by atoms with Gasteiger partial charge in [0.25, 0.3) is 5.91 Å². The molecule has 4 heterocycles. The van der Waals surface area contributed by atoms with Crippen molar-refractivity contribution >= 4 is 11.8 Å². The first-order valence-corrected chi connectivity index (χ1v) is 9.93. The van der Waals surface area contributed by atoms with Gasteiger partial charge in [0.05, 0.1) is 0 Å². The van der Waals surface area contributed by atoms with Gasteiger partial charge < -0.3 is 14.2 Å². The Morgan fingerprint density at radius 3 is 2.89 bits per heavy atom. The number of carbonyl (C=O) groups is 2. The number of hydrogen-bond acceptors (Lipinski definition) is 5. The van der Waals surface area contributed by atoms with E-state index in [1.807, 2.05) is 28.0 Å². The molecule has 2 saturated heterocycles. The van der Waals surface area contributed by atoms with Gasteiger partial charge in [0, 0.05) is 56.3 Å². The van der Waals surface area contributed by atoms with Gasteiger partial charge in [-0.1, -0.05) is 6.07 Å². The molecule has 1 atom stereocenters. The van der Waals surface area contributed by atoms with E-state index < -0.39 is 0 Å². The summed E-state index contributed by atoms with van der Waals surface area (Å²) in [5, 5.41) is 0. The molecule has 28 heavy (non-hydrogen) atoms. The number of hydrogen-bond donors (Lipinski definition) is 0. The predicted octanol–water partition coefficient (Wildman–Crippen LogP) is 2.47. The number of amides is 2. The zero-order valence-corrected chi connectivity index (χ0v) is 16.3. The molecule has 0 aliphatic carbocycles. The Balaban J connectivity index is 1.43. The van der Waals surface area contributed by atoms with Crippen LogP contribution in [0.1, 0.15) is 47.6 Å². The van der Waals surface area contributed by atoms with Crippen LogP contribution >= 0.6 is 0 Å². The van der Waals surface area contributed by atoms with Crippen molar-refractivity contribution in [3.63, 3.8) is 0 Å². The monoisotopic (exact) mass is 382 g/mol. The number of aromatic nitrogens is 2. The molecular formula is C21H26N4O3. The minimum atomic E-state index is -0.0674. The van der Waals surface area contributed by atoms with Crippen LogP contribution in [0, 0.1) is 12.3 Å². The van der Waals surface area contributed by atoms with Crippen LogP contribution in [0.5, 0.6) is 0 Å². The first-order valence-electron chi connectivity index (χ1n) is 9.93. The molecule has 0 aromatic carbocycles. The Morgan fingerprint density at radius 1 is 1.25 bits per heavy atom. The smallest absolute Gasteiger partial charge is 0.276 e. The molecule has 2 aliphatic heterocycles. The van der Waals surface area contributed by atoms with Crippen molar-refractivity contribution in [2.45, 2.75) is 39.0 Å². The van der Waals surface area contributed by atoms with Crippen LogP contribution in [0.2, 0.25) is 0 Å². The Kier molecular flexibility index (Phi) is 5.15. The quantitative estimate of drug-likeness (QED) is 0.812. The third-order valence-electron chi connectivity index (χ3n) is 6.01. The average molecular weight is 382 g/mol. The predicted molar refractivity (Wildman–Crippen MR) is 103 cm³/mol. The third kappa shape index (κ3) is 3.79. The minimum absolute atomic E-state index is 0.0242. The standard InChI is InChI=1S/C21H26N4O3/c1-16-19(23-15-28-16)20(27)25-11-4-8-21(14-25)9-6-18(26)24(13-21)12-7-17-5-2-3-10-22-17/h2-3,5,10,15H,4,6-9,11-14H2,1H3. The summed E-state index contributed by atoms with van der Waals surface area (Å²) < 4.78 is 5.20. The maximum absolute atomic E-state index is 12.9. The van der Waals surface area contributed by atoms with Crippen molar-refractivity contribution in [2.75, 3.05) is 26.2 Å². The molecule has 0 radical (unpaired) electrons. The highest BCUT2D eigenvalue weighted by molar-refractivity contribution is 5.93. The van der Waals surface area contributed by atoms with E-state index in [0.717, 1.165) is 37.9 Å². The average Bonchev–Trinajstić information content (AvgIpc) is 3.15. The number of pyridine rings is 1. The lowest BCUT2D eigenvalue weighted by Gasteiger charge is -2.48. The van der Waals surface area contributed by atoms with E-state index in [0.29, 0.717) is 37.5 Å². The fraction of sp³-hybridized carbons (Fsp3) is 0.524. The number of piperidine rings is 2. The van der Waals surface area contributed by atoms with Gasteiger partial charge >= 0.3 is 0 Å². The molecule has 0 saturated carbocycles. The maximum Gasteiger partial charge on any atom is 0.276 e. The lowest BCUT2D eigenvalue weighted by molar-refractivity contribution is -0.138. The van der Waals surface area contributed by atoms with E-state index in [-0.39, 0.29) is 17.2 Å². The van der Waals surface area contributed by atoms with Gasteiger partial charge in [-0.2, -0.15) is 0 Å². The van der Waals surface area contributed by atoms with Crippen LogP contribution in [0.25, 0.3) is 0 Å². The topological polar surface area (TPSA) is 79.5 Å². The second-order valence-corrected chi connectivity index (χ2v) is 7.97. The van der Waals surface area contributed by atoms with Crippen molar-refractivity contribution in [1.82, 2.24) is 19.8 Å². The highest BCUT2D eigenvalue weighted by Gasteiger charge is 2.43. The number of rotatable bonds is 4. The number of carbonyl (C=O) groups excluding carboxylic acids is 2. The molecule has 7 heteroatoms. The lowest BCUT2D eigenvalue weighted by Crippen LogP contribution is -2.55. The highest BCUT2D eigenvalue weighted by atomic mass is 16.3. The molecule has 4 rings (SSSR count). The van der Waals surface area contributed by atoms with Crippen LogP contribution in [-0.4, -0.2) is 57.8 Å². The minimum Gasteiger partial charge on any atom is -0.448 e. The van der Waals surface area contributed by atoms with Crippen LogP contribution in [0.4, 0.5) is 0 Å². The normalized spacial score (nSPS) is 22.7. The lowest BCUT2D eigenvalue weighted by atomic mass is 9.73. The second-order valence-electron chi connectivity index (χ2n) is 7.97. The molecule has 2 amide bonds. The summed E-state index contributed by atoms with van der Waals surface area (Å²) in [4.78, 5) is 37.7. The molecule has 2 aromatic heterocycles. The Bertz CT molecular complexity index is 850. The van der Waals surface area contributed by atoms with E-state index >= 15 is 0 Å². The molecular weight excluding hydrogens is 356 g/mol. The van der Waals surface area contributed by atoms with E-state index in [1.54, 1.807) is 13.1 Å². The maximum atomic E-state index is 12.9. The van der Waals surface area contributed by atoms with Crippen molar-refractivity contribution in [3.05, 3.63) is 47.9 Å². The van der Waals surface area contributed by atoms with Crippen molar-refractivity contribution in [3.8, 4) is 0 Å².